The Morgan fingerprint density at radius 3 is 2.60 bits per heavy atom. The van der Waals surface area contributed by atoms with E-state index in [1.807, 2.05) is 4.72 Å². The van der Waals surface area contributed by atoms with Crippen LogP contribution in [0.15, 0.2) is 35.4 Å². The number of benzene rings is 1. The van der Waals surface area contributed by atoms with Gasteiger partial charge in [-0.05, 0) is 18.2 Å². The molecule has 2 rings (SSSR count). The standard InChI is InChI=1S/C11H8ClF2N3O2S/c12-6-3-4-16-9(5-6)17-20(18,19)8-2-1-7(13)11(15)10(8)14/h1-5H,15H2,(H,16,17). The van der Waals surface area contributed by atoms with Crippen molar-refractivity contribution in [2.75, 3.05) is 10.5 Å². The minimum Gasteiger partial charge on any atom is -0.394 e. The molecule has 0 amide bonds. The van der Waals surface area contributed by atoms with Crippen LogP contribution in [-0.2, 0) is 10.0 Å². The topological polar surface area (TPSA) is 85.1 Å². The number of halogens is 3. The van der Waals surface area contributed by atoms with Crippen molar-refractivity contribution in [3.8, 4) is 0 Å². The Balaban J connectivity index is 2.44. The van der Waals surface area contributed by atoms with Crippen LogP contribution in [0.25, 0.3) is 0 Å². The molecule has 1 heterocycles. The quantitative estimate of drug-likeness (QED) is 0.851. The van der Waals surface area contributed by atoms with Gasteiger partial charge in [0, 0.05) is 17.3 Å². The van der Waals surface area contributed by atoms with E-state index in [4.69, 9.17) is 17.3 Å². The molecule has 2 aromatic rings. The summed E-state index contributed by atoms with van der Waals surface area (Å²) >= 11 is 5.68. The first-order valence-electron chi connectivity index (χ1n) is 5.19. The summed E-state index contributed by atoms with van der Waals surface area (Å²) in [4.78, 5) is 2.94. The molecule has 0 radical (unpaired) electrons. The largest absolute Gasteiger partial charge is 0.394 e. The average molecular weight is 320 g/mol. The van der Waals surface area contributed by atoms with Crippen molar-refractivity contribution in [2.24, 2.45) is 0 Å². The molecule has 0 aliphatic carbocycles. The molecule has 0 atom stereocenters. The van der Waals surface area contributed by atoms with E-state index in [1.54, 1.807) is 0 Å². The molecule has 0 unspecified atom stereocenters. The lowest BCUT2D eigenvalue weighted by atomic mass is 10.3. The lowest BCUT2D eigenvalue weighted by Crippen LogP contribution is -2.16. The third-order valence-corrected chi connectivity index (χ3v) is 3.95. The maximum atomic E-state index is 13.7. The Hall–Kier alpha value is -1.93. The van der Waals surface area contributed by atoms with Crippen molar-refractivity contribution >= 4 is 33.1 Å². The molecule has 3 N–H and O–H groups in total. The van der Waals surface area contributed by atoms with Crippen molar-refractivity contribution < 1.29 is 17.2 Å². The Morgan fingerprint density at radius 1 is 1.25 bits per heavy atom. The Labute approximate surface area is 118 Å². The molecule has 0 aliphatic heterocycles. The maximum Gasteiger partial charge on any atom is 0.266 e. The number of pyridine rings is 1. The van der Waals surface area contributed by atoms with Crippen LogP contribution in [0.1, 0.15) is 0 Å². The highest BCUT2D eigenvalue weighted by Crippen LogP contribution is 2.24. The molecule has 0 aliphatic rings. The van der Waals surface area contributed by atoms with Crippen LogP contribution < -0.4 is 10.5 Å². The monoisotopic (exact) mass is 319 g/mol. The summed E-state index contributed by atoms with van der Waals surface area (Å²) in [6, 6.07) is 4.21. The Bertz CT molecular complexity index is 768. The summed E-state index contributed by atoms with van der Waals surface area (Å²) in [6.45, 7) is 0. The van der Waals surface area contributed by atoms with Gasteiger partial charge in [0.05, 0.1) is 0 Å². The van der Waals surface area contributed by atoms with Crippen LogP contribution in [0, 0.1) is 11.6 Å². The van der Waals surface area contributed by atoms with Gasteiger partial charge in [0.2, 0.25) is 0 Å². The zero-order valence-electron chi connectivity index (χ0n) is 9.77. The van der Waals surface area contributed by atoms with Gasteiger partial charge in [-0.25, -0.2) is 22.2 Å². The molecule has 5 nitrogen and oxygen atoms in total. The molecule has 1 aromatic heterocycles. The SMILES string of the molecule is Nc1c(F)ccc(S(=O)(=O)Nc2cc(Cl)ccn2)c1F. The second-order valence-corrected chi connectivity index (χ2v) is 5.83. The van der Waals surface area contributed by atoms with Gasteiger partial charge < -0.3 is 5.73 Å². The lowest BCUT2D eigenvalue weighted by Gasteiger charge is -2.09. The van der Waals surface area contributed by atoms with Crippen LogP contribution in [0.5, 0.6) is 0 Å². The molecule has 0 saturated carbocycles. The predicted octanol–water partition coefficient (Wildman–Crippen LogP) is 2.40. The number of nitrogens with two attached hydrogens (primary N) is 1. The van der Waals surface area contributed by atoms with Crippen molar-refractivity contribution in [3.05, 3.63) is 47.1 Å². The molecule has 106 valence electrons. The summed E-state index contributed by atoms with van der Waals surface area (Å²) < 4.78 is 52.7. The van der Waals surface area contributed by atoms with E-state index in [0.29, 0.717) is 0 Å². The van der Waals surface area contributed by atoms with Crippen LogP contribution >= 0.6 is 11.6 Å². The minimum absolute atomic E-state index is 0.0974. The molecule has 9 heteroatoms. The minimum atomic E-state index is -4.29. The smallest absolute Gasteiger partial charge is 0.266 e. The van der Waals surface area contributed by atoms with Crippen LogP contribution in [0.3, 0.4) is 0 Å². The van der Waals surface area contributed by atoms with E-state index in [-0.39, 0.29) is 10.8 Å². The third-order valence-electron chi connectivity index (χ3n) is 2.34. The summed E-state index contributed by atoms with van der Waals surface area (Å²) in [5, 5.41) is 0.247. The number of nitrogens with one attached hydrogen (secondary N) is 1. The van der Waals surface area contributed by atoms with E-state index >= 15 is 0 Å². The first-order chi connectivity index (χ1) is 9.31. The van der Waals surface area contributed by atoms with Crippen molar-refractivity contribution in [1.82, 2.24) is 4.98 Å². The van der Waals surface area contributed by atoms with E-state index in [2.05, 4.69) is 4.98 Å². The lowest BCUT2D eigenvalue weighted by molar-refractivity contribution is 0.557. The molecule has 1 aromatic carbocycles. The third kappa shape index (κ3) is 2.81. The zero-order chi connectivity index (χ0) is 14.9. The summed E-state index contributed by atoms with van der Waals surface area (Å²) in [7, 11) is -4.29. The normalized spacial score (nSPS) is 11.3. The van der Waals surface area contributed by atoms with E-state index in [9.17, 15) is 17.2 Å². The Morgan fingerprint density at radius 2 is 1.95 bits per heavy atom. The van der Waals surface area contributed by atoms with Gasteiger partial charge in [-0.1, -0.05) is 11.6 Å². The van der Waals surface area contributed by atoms with Crippen LogP contribution in [-0.4, -0.2) is 13.4 Å². The summed E-state index contributed by atoms with van der Waals surface area (Å²) in [5.74, 6) is -2.50. The number of hydrogen-bond donors (Lipinski definition) is 2. The van der Waals surface area contributed by atoms with Crippen molar-refractivity contribution in [3.63, 3.8) is 0 Å². The fourth-order valence-corrected chi connectivity index (χ4v) is 2.66. The molecule has 0 saturated heterocycles. The number of sulfonamides is 1. The highest BCUT2D eigenvalue weighted by Gasteiger charge is 2.23. The second-order valence-electron chi connectivity index (χ2n) is 3.74. The van der Waals surface area contributed by atoms with Gasteiger partial charge in [0.1, 0.15) is 22.2 Å². The molecular weight excluding hydrogens is 312 g/mol. The van der Waals surface area contributed by atoms with Gasteiger partial charge in [-0.15, -0.1) is 0 Å². The van der Waals surface area contributed by atoms with E-state index in [1.165, 1.54) is 18.3 Å². The maximum absolute atomic E-state index is 13.7. The highest BCUT2D eigenvalue weighted by atomic mass is 35.5. The number of anilines is 2. The van der Waals surface area contributed by atoms with Crippen molar-refractivity contribution in [1.29, 1.82) is 0 Å². The predicted molar refractivity (Wildman–Crippen MR) is 70.8 cm³/mol. The molecule has 20 heavy (non-hydrogen) atoms. The van der Waals surface area contributed by atoms with Gasteiger partial charge in [0.25, 0.3) is 10.0 Å². The van der Waals surface area contributed by atoms with Gasteiger partial charge in [-0.3, -0.25) is 4.72 Å². The fourth-order valence-electron chi connectivity index (χ4n) is 1.41. The first-order valence-corrected chi connectivity index (χ1v) is 7.05. The number of nitrogens with zero attached hydrogens (tertiary/aromatic N) is 1. The molecule has 0 bridgehead atoms. The van der Waals surface area contributed by atoms with Gasteiger partial charge in [0.15, 0.2) is 5.82 Å². The second kappa shape index (κ2) is 5.22. The van der Waals surface area contributed by atoms with Gasteiger partial charge in [-0.2, -0.15) is 0 Å². The van der Waals surface area contributed by atoms with E-state index < -0.39 is 32.2 Å². The summed E-state index contributed by atoms with van der Waals surface area (Å²) in [5.41, 5.74) is 4.25. The number of hydrogen-bond acceptors (Lipinski definition) is 4. The number of rotatable bonds is 3. The molecule has 0 spiro atoms. The highest BCUT2D eigenvalue weighted by molar-refractivity contribution is 7.92. The number of nitrogen functional groups attached to an aromatic ring is 1. The average Bonchev–Trinajstić information content (AvgIpc) is 2.35. The zero-order valence-corrected chi connectivity index (χ0v) is 11.3. The molecule has 0 fully saturated rings. The van der Waals surface area contributed by atoms with Gasteiger partial charge >= 0.3 is 0 Å². The van der Waals surface area contributed by atoms with E-state index in [0.717, 1.165) is 12.1 Å². The van der Waals surface area contributed by atoms with Crippen LogP contribution in [0.2, 0.25) is 5.02 Å². The van der Waals surface area contributed by atoms with Crippen molar-refractivity contribution in [2.45, 2.75) is 4.90 Å². The summed E-state index contributed by atoms with van der Waals surface area (Å²) in [6.07, 6.45) is 1.27. The van der Waals surface area contributed by atoms with Crippen LogP contribution in [0.4, 0.5) is 20.3 Å². The Kier molecular flexibility index (Phi) is 3.78. The number of aromatic nitrogens is 1. The fraction of sp³-hybridized carbons (Fsp3) is 0. The molecular formula is C11H8ClF2N3O2S. The first kappa shape index (κ1) is 14.5.